The Bertz CT molecular complexity index is 964. The van der Waals surface area contributed by atoms with E-state index in [9.17, 15) is 9.59 Å². The van der Waals surface area contributed by atoms with Crippen LogP contribution in [0.5, 0.6) is 11.5 Å². The van der Waals surface area contributed by atoms with Crippen LogP contribution in [0, 0.1) is 17.4 Å². The van der Waals surface area contributed by atoms with Gasteiger partial charge in [0.2, 0.25) is 24.6 Å². The molecule has 1 unspecified atom stereocenters. The van der Waals surface area contributed by atoms with Gasteiger partial charge in [-0.15, -0.1) is 0 Å². The van der Waals surface area contributed by atoms with Crippen molar-refractivity contribution in [3.05, 3.63) is 18.2 Å². The van der Waals surface area contributed by atoms with Crippen molar-refractivity contribution in [2.75, 3.05) is 33.0 Å². The summed E-state index contributed by atoms with van der Waals surface area (Å²) in [5.41, 5.74) is 0.536. The average molecular weight is 438 g/mol. The largest absolute Gasteiger partial charge is 0.454 e. The molecule has 1 N–H and O–H groups in total. The van der Waals surface area contributed by atoms with Crippen LogP contribution < -0.4 is 14.8 Å². The quantitative estimate of drug-likeness (QED) is 0.331. The third-order valence-electron chi connectivity index (χ3n) is 5.74. The summed E-state index contributed by atoms with van der Waals surface area (Å²) in [6.45, 7) is 2.37. The molecule has 0 bridgehead atoms. The van der Waals surface area contributed by atoms with E-state index in [1.807, 2.05) is 11.1 Å². The molecule has 2 amide bonds. The van der Waals surface area contributed by atoms with Gasteiger partial charge in [-0.25, -0.2) is 9.98 Å². The molecule has 0 radical (unpaired) electrons. The van der Waals surface area contributed by atoms with Gasteiger partial charge < -0.3 is 19.3 Å². The Balaban J connectivity index is 1.45. The van der Waals surface area contributed by atoms with Crippen molar-refractivity contribution in [2.24, 2.45) is 15.9 Å². The van der Waals surface area contributed by atoms with Crippen molar-refractivity contribution >= 4 is 29.7 Å². The van der Waals surface area contributed by atoms with Gasteiger partial charge in [0.05, 0.1) is 18.2 Å². The number of carbonyl (C=O) groups is 2. The SMILES string of the molecule is N#CNC(=Nc1ccc2c(c1)OCO2)/N=C\C1CCCCN(CC(=O)N2CCCC2)C1=O. The van der Waals surface area contributed by atoms with Gasteiger partial charge in [0.25, 0.3) is 0 Å². The number of nitrogens with one attached hydrogen (secondary N) is 1. The molecule has 1 atom stereocenters. The molecule has 32 heavy (non-hydrogen) atoms. The van der Waals surface area contributed by atoms with E-state index in [2.05, 4.69) is 15.3 Å². The lowest BCUT2D eigenvalue weighted by Crippen LogP contribution is -2.44. The maximum atomic E-state index is 13.1. The van der Waals surface area contributed by atoms with Crippen LogP contribution in [0.15, 0.2) is 28.2 Å². The summed E-state index contributed by atoms with van der Waals surface area (Å²) >= 11 is 0. The molecule has 1 aromatic rings. The second-order valence-electron chi connectivity index (χ2n) is 7.94. The molecule has 2 saturated heterocycles. The zero-order valence-electron chi connectivity index (χ0n) is 17.8. The number of carbonyl (C=O) groups excluding carboxylic acids is 2. The van der Waals surface area contributed by atoms with Crippen molar-refractivity contribution in [1.82, 2.24) is 15.1 Å². The number of fused-ring (bicyclic) bond motifs is 1. The fraction of sp³-hybridized carbons (Fsp3) is 0.500. The molecule has 0 spiro atoms. The Morgan fingerprint density at radius 2 is 1.97 bits per heavy atom. The number of guanidine groups is 1. The summed E-state index contributed by atoms with van der Waals surface area (Å²) in [7, 11) is 0. The van der Waals surface area contributed by atoms with Crippen LogP contribution >= 0.6 is 0 Å². The highest BCUT2D eigenvalue weighted by Crippen LogP contribution is 2.35. The molecule has 1 aromatic carbocycles. The molecule has 0 aromatic heterocycles. The maximum Gasteiger partial charge on any atom is 0.242 e. The van der Waals surface area contributed by atoms with E-state index in [0.717, 1.165) is 38.8 Å². The van der Waals surface area contributed by atoms with Crippen LogP contribution in [0.4, 0.5) is 5.69 Å². The van der Waals surface area contributed by atoms with Crippen molar-refractivity contribution in [2.45, 2.75) is 32.1 Å². The molecule has 10 nitrogen and oxygen atoms in total. The van der Waals surface area contributed by atoms with Crippen molar-refractivity contribution in [3.8, 4) is 17.7 Å². The minimum atomic E-state index is -0.466. The second-order valence-corrected chi connectivity index (χ2v) is 7.94. The average Bonchev–Trinajstić information content (AvgIpc) is 3.46. The highest BCUT2D eigenvalue weighted by atomic mass is 16.7. The molecule has 0 aliphatic carbocycles. The number of aliphatic imine (C=N–C) groups is 2. The Morgan fingerprint density at radius 3 is 2.78 bits per heavy atom. The smallest absolute Gasteiger partial charge is 0.242 e. The number of hydrogen-bond donors (Lipinski definition) is 1. The van der Waals surface area contributed by atoms with E-state index < -0.39 is 5.92 Å². The van der Waals surface area contributed by atoms with Crippen molar-refractivity contribution in [3.63, 3.8) is 0 Å². The van der Waals surface area contributed by atoms with Gasteiger partial charge in [-0.2, -0.15) is 5.26 Å². The van der Waals surface area contributed by atoms with Crippen LogP contribution in [-0.4, -0.2) is 66.8 Å². The zero-order chi connectivity index (χ0) is 22.3. The van der Waals surface area contributed by atoms with Crippen LogP contribution in [0.2, 0.25) is 0 Å². The van der Waals surface area contributed by atoms with Gasteiger partial charge in [-0.05, 0) is 37.8 Å². The number of ether oxygens (including phenoxy) is 2. The monoisotopic (exact) mass is 438 g/mol. The minimum Gasteiger partial charge on any atom is -0.454 e. The number of nitrogens with zero attached hydrogens (tertiary/aromatic N) is 5. The fourth-order valence-electron chi connectivity index (χ4n) is 4.04. The summed E-state index contributed by atoms with van der Waals surface area (Å²) in [5.74, 6) is 0.705. The van der Waals surface area contributed by atoms with E-state index >= 15 is 0 Å². The Kier molecular flexibility index (Phi) is 6.84. The molecule has 4 rings (SSSR count). The highest BCUT2D eigenvalue weighted by molar-refractivity contribution is 6.00. The molecular formula is C22H26N6O4. The highest BCUT2D eigenvalue weighted by Gasteiger charge is 2.29. The first-order chi connectivity index (χ1) is 15.6. The molecule has 2 fully saturated rings. The van der Waals surface area contributed by atoms with E-state index in [1.54, 1.807) is 23.1 Å². The number of rotatable bonds is 4. The van der Waals surface area contributed by atoms with E-state index in [1.165, 1.54) is 6.21 Å². The standard InChI is InChI=1S/C22H26N6O4/c23-14-25-22(26-17-6-7-18-19(11-17)32-15-31-18)24-12-16-5-1-2-10-28(21(16)30)13-20(29)27-8-3-4-9-27/h6-7,11-12,16H,1-5,8-10,13,15H2,(H,25,26)/b24-12-. The first-order valence-corrected chi connectivity index (χ1v) is 10.9. The number of amides is 2. The number of hydrogen-bond acceptors (Lipinski definition) is 6. The molecule has 0 saturated carbocycles. The molecule has 10 heteroatoms. The Hall–Kier alpha value is -3.61. The van der Waals surface area contributed by atoms with E-state index in [4.69, 9.17) is 14.7 Å². The van der Waals surface area contributed by atoms with E-state index in [-0.39, 0.29) is 31.1 Å². The number of nitriles is 1. The van der Waals surface area contributed by atoms with Crippen molar-refractivity contribution in [1.29, 1.82) is 5.26 Å². The van der Waals surface area contributed by atoms with Gasteiger partial charge in [-0.3, -0.25) is 14.9 Å². The Morgan fingerprint density at radius 1 is 1.19 bits per heavy atom. The van der Waals surface area contributed by atoms with Gasteiger partial charge in [0.15, 0.2) is 17.7 Å². The van der Waals surface area contributed by atoms with Gasteiger partial charge >= 0.3 is 0 Å². The van der Waals surface area contributed by atoms with Crippen molar-refractivity contribution < 1.29 is 19.1 Å². The summed E-state index contributed by atoms with van der Waals surface area (Å²) < 4.78 is 10.6. The summed E-state index contributed by atoms with van der Waals surface area (Å²) in [4.78, 5) is 37.7. The van der Waals surface area contributed by atoms with E-state index in [0.29, 0.717) is 30.2 Å². The number of benzene rings is 1. The lowest BCUT2D eigenvalue weighted by Gasteiger charge is -2.25. The number of likely N-dealkylation sites (tertiary alicyclic amines) is 2. The summed E-state index contributed by atoms with van der Waals surface area (Å²) in [5, 5.41) is 11.5. The molecule has 168 valence electrons. The summed E-state index contributed by atoms with van der Waals surface area (Å²) in [6.07, 6.45) is 7.73. The maximum absolute atomic E-state index is 13.1. The first-order valence-electron chi connectivity index (χ1n) is 10.9. The van der Waals surface area contributed by atoms with Crippen LogP contribution in [0.3, 0.4) is 0 Å². The lowest BCUT2D eigenvalue weighted by atomic mass is 10.0. The predicted molar refractivity (Wildman–Crippen MR) is 117 cm³/mol. The molecule has 3 heterocycles. The molecular weight excluding hydrogens is 412 g/mol. The predicted octanol–water partition coefficient (Wildman–Crippen LogP) is 1.80. The topological polar surface area (TPSA) is 120 Å². The fourth-order valence-corrected chi connectivity index (χ4v) is 4.04. The second kappa shape index (κ2) is 10.1. The van der Waals surface area contributed by atoms with Crippen LogP contribution in [0.1, 0.15) is 32.1 Å². The molecule has 3 aliphatic heterocycles. The normalized spacial score (nSPS) is 21.0. The zero-order valence-corrected chi connectivity index (χ0v) is 17.8. The third kappa shape index (κ3) is 5.17. The summed E-state index contributed by atoms with van der Waals surface area (Å²) in [6, 6.07) is 5.16. The van der Waals surface area contributed by atoms with Gasteiger partial charge in [-0.1, -0.05) is 6.42 Å². The van der Waals surface area contributed by atoms with Crippen LogP contribution in [0.25, 0.3) is 0 Å². The Labute approximate surface area is 186 Å². The van der Waals surface area contributed by atoms with Gasteiger partial charge in [0.1, 0.15) is 0 Å². The third-order valence-corrected chi connectivity index (χ3v) is 5.74. The minimum absolute atomic E-state index is 0.00430. The first kappa shape index (κ1) is 21.6. The lowest BCUT2D eigenvalue weighted by molar-refractivity contribution is -0.140. The van der Waals surface area contributed by atoms with Crippen LogP contribution in [-0.2, 0) is 9.59 Å². The van der Waals surface area contributed by atoms with Gasteiger partial charge in [0, 0.05) is 31.9 Å². The molecule has 3 aliphatic rings.